The van der Waals surface area contributed by atoms with Crippen LogP contribution >= 0.6 is 22.6 Å². The molecule has 1 aromatic carbocycles. The van der Waals surface area contributed by atoms with E-state index in [0.29, 0.717) is 10.4 Å². The van der Waals surface area contributed by atoms with Crippen molar-refractivity contribution in [3.63, 3.8) is 0 Å². The lowest BCUT2D eigenvalue weighted by Crippen LogP contribution is -2.35. The predicted octanol–water partition coefficient (Wildman–Crippen LogP) is 1.72. The first-order chi connectivity index (χ1) is 10.1. The molecule has 0 radical (unpaired) electrons. The van der Waals surface area contributed by atoms with Crippen LogP contribution < -0.4 is 10.0 Å². The van der Waals surface area contributed by atoms with Crippen molar-refractivity contribution in [2.45, 2.75) is 0 Å². The van der Waals surface area contributed by atoms with Crippen LogP contribution in [0.3, 0.4) is 0 Å². The van der Waals surface area contributed by atoms with E-state index in [0.717, 1.165) is 3.57 Å². The van der Waals surface area contributed by atoms with E-state index >= 15 is 0 Å². The molecule has 0 bridgehead atoms. The van der Waals surface area contributed by atoms with Gasteiger partial charge in [0.1, 0.15) is 0 Å². The number of aromatic nitrogens is 1. The van der Waals surface area contributed by atoms with Gasteiger partial charge in [0.2, 0.25) is 0 Å². The summed E-state index contributed by atoms with van der Waals surface area (Å²) >= 11 is 2.15. The zero-order valence-electron chi connectivity index (χ0n) is 10.8. The summed E-state index contributed by atoms with van der Waals surface area (Å²) in [5.74, 6) is -1.32. The minimum absolute atomic E-state index is 0.167. The molecule has 0 atom stereocenters. The second-order valence-electron chi connectivity index (χ2n) is 4.04. The molecule has 0 aliphatic rings. The highest BCUT2D eigenvalue weighted by molar-refractivity contribution is 14.1. The number of anilines is 1. The fraction of sp³-hybridized carbons (Fsp3) is 0.0714. The molecule has 0 spiro atoms. The van der Waals surface area contributed by atoms with Crippen molar-refractivity contribution in [2.24, 2.45) is 0 Å². The van der Waals surface area contributed by atoms with Gasteiger partial charge in [0.15, 0.2) is 12.8 Å². The van der Waals surface area contributed by atoms with E-state index in [2.05, 4.69) is 27.9 Å². The van der Waals surface area contributed by atoms with Crippen molar-refractivity contribution in [1.29, 1.82) is 0 Å². The van der Waals surface area contributed by atoms with Gasteiger partial charge in [0, 0.05) is 21.4 Å². The van der Waals surface area contributed by atoms with Crippen LogP contribution in [0.4, 0.5) is 5.69 Å². The number of rotatable bonds is 4. The molecule has 0 saturated carbocycles. The molecule has 1 heterocycles. The SMILES string of the molecule is O=C(COC(=O)c1cccc[n+]1[O-])Nc1ccc(I)cc1. The van der Waals surface area contributed by atoms with Crippen molar-refractivity contribution in [2.75, 3.05) is 11.9 Å². The molecule has 108 valence electrons. The molecule has 0 aliphatic carbocycles. The number of carbonyl (C=O) groups excluding carboxylic acids is 2. The van der Waals surface area contributed by atoms with Crippen molar-refractivity contribution in [3.8, 4) is 0 Å². The summed E-state index contributed by atoms with van der Waals surface area (Å²) in [5, 5.41) is 13.9. The Kier molecular flexibility index (Phi) is 5.09. The van der Waals surface area contributed by atoms with Gasteiger partial charge in [-0.1, -0.05) is 0 Å². The summed E-state index contributed by atoms with van der Waals surface area (Å²) in [7, 11) is 0. The maximum Gasteiger partial charge on any atom is 0.405 e. The van der Waals surface area contributed by atoms with Crippen LogP contribution in [-0.4, -0.2) is 18.5 Å². The number of ether oxygens (including phenoxy) is 1. The number of halogens is 1. The molecule has 21 heavy (non-hydrogen) atoms. The Bertz CT molecular complexity index is 658. The van der Waals surface area contributed by atoms with Gasteiger partial charge in [-0.05, 0) is 52.9 Å². The fourth-order valence-electron chi connectivity index (χ4n) is 1.52. The van der Waals surface area contributed by atoms with Crippen molar-refractivity contribution in [1.82, 2.24) is 0 Å². The quantitative estimate of drug-likeness (QED) is 0.368. The molecule has 1 amide bonds. The molecule has 2 rings (SSSR count). The average molecular weight is 398 g/mol. The van der Waals surface area contributed by atoms with Gasteiger partial charge >= 0.3 is 11.7 Å². The number of benzene rings is 1. The zero-order valence-corrected chi connectivity index (χ0v) is 12.9. The highest BCUT2D eigenvalue weighted by atomic mass is 127. The fourth-order valence-corrected chi connectivity index (χ4v) is 1.88. The topological polar surface area (TPSA) is 82.3 Å². The van der Waals surface area contributed by atoms with Crippen LogP contribution in [0.2, 0.25) is 0 Å². The van der Waals surface area contributed by atoms with Crippen LogP contribution in [0.15, 0.2) is 48.7 Å². The van der Waals surface area contributed by atoms with E-state index in [4.69, 9.17) is 4.74 Å². The normalized spacial score (nSPS) is 9.95. The largest absolute Gasteiger partial charge is 0.618 e. The van der Waals surface area contributed by atoms with Crippen molar-refractivity contribution >= 4 is 40.2 Å². The first-order valence-electron chi connectivity index (χ1n) is 5.97. The molecular formula is C14H11IN2O4. The number of hydrogen-bond acceptors (Lipinski definition) is 4. The maximum atomic E-state index is 11.6. The molecule has 0 saturated heterocycles. The van der Waals surface area contributed by atoms with E-state index in [1.54, 1.807) is 12.1 Å². The Morgan fingerprint density at radius 1 is 1.19 bits per heavy atom. The van der Waals surface area contributed by atoms with Gasteiger partial charge in [-0.3, -0.25) is 4.79 Å². The number of amides is 1. The molecule has 0 aliphatic heterocycles. The molecule has 0 fully saturated rings. The molecule has 7 heteroatoms. The second kappa shape index (κ2) is 7.02. The third kappa shape index (κ3) is 4.42. The lowest BCUT2D eigenvalue weighted by Gasteiger charge is -2.06. The van der Waals surface area contributed by atoms with Gasteiger partial charge in [0.25, 0.3) is 5.91 Å². The van der Waals surface area contributed by atoms with Crippen LogP contribution in [0.25, 0.3) is 0 Å². The minimum Gasteiger partial charge on any atom is -0.618 e. The molecule has 0 unspecified atom stereocenters. The van der Waals surface area contributed by atoms with E-state index in [1.165, 1.54) is 24.4 Å². The Hall–Kier alpha value is -2.16. The number of hydrogen-bond donors (Lipinski definition) is 1. The molecule has 1 aromatic heterocycles. The van der Waals surface area contributed by atoms with Crippen LogP contribution in [0, 0.1) is 8.78 Å². The highest BCUT2D eigenvalue weighted by Crippen LogP contribution is 2.10. The Morgan fingerprint density at radius 3 is 2.57 bits per heavy atom. The lowest BCUT2D eigenvalue weighted by molar-refractivity contribution is -0.608. The number of esters is 1. The van der Waals surface area contributed by atoms with Gasteiger partial charge in [-0.2, -0.15) is 4.73 Å². The molecule has 2 aromatic rings. The summed E-state index contributed by atoms with van der Waals surface area (Å²) in [5.41, 5.74) is 0.439. The first-order valence-corrected chi connectivity index (χ1v) is 7.05. The maximum absolute atomic E-state index is 11.6. The summed E-state index contributed by atoms with van der Waals surface area (Å²) in [6.07, 6.45) is 1.18. The Labute approximate surface area is 134 Å². The first kappa shape index (κ1) is 15.2. The highest BCUT2D eigenvalue weighted by Gasteiger charge is 2.18. The van der Waals surface area contributed by atoms with Crippen LogP contribution in [0.5, 0.6) is 0 Å². The lowest BCUT2D eigenvalue weighted by atomic mass is 10.3. The molecular weight excluding hydrogens is 387 g/mol. The van der Waals surface area contributed by atoms with Gasteiger partial charge in [-0.25, -0.2) is 4.79 Å². The number of nitrogens with one attached hydrogen (secondary N) is 1. The van der Waals surface area contributed by atoms with E-state index in [9.17, 15) is 14.8 Å². The predicted molar refractivity (Wildman–Crippen MR) is 83.5 cm³/mol. The second-order valence-corrected chi connectivity index (χ2v) is 5.29. The van der Waals surface area contributed by atoms with Gasteiger partial charge in [0.05, 0.1) is 0 Å². The van der Waals surface area contributed by atoms with Crippen LogP contribution in [0.1, 0.15) is 10.5 Å². The van der Waals surface area contributed by atoms with Crippen molar-refractivity contribution in [3.05, 3.63) is 63.1 Å². The summed E-state index contributed by atoms with van der Waals surface area (Å²) in [4.78, 5) is 23.3. The smallest absolute Gasteiger partial charge is 0.405 e. The Balaban J connectivity index is 1.88. The van der Waals surface area contributed by atoms with Crippen LogP contribution in [-0.2, 0) is 9.53 Å². The third-order valence-electron chi connectivity index (χ3n) is 2.50. The van der Waals surface area contributed by atoms with Gasteiger partial charge < -0.3 is 15.3 Å². The summed E-state index contributed by atoms with van der Waals surface area (Å²) < 4.78 is 6.22. The number of nitrogens with zero attached hydrogens (tertiary/aromatic N) is 1. The number of carbonyl (C=O) groups is 2. The van der Waals surface area contributed by atoms with E-state index < -0.39 is 18.5 Å². The number of pyridine rings is 1. The Morgan fingerprint density at radius 2 is 1.90 bits per heavy atom. The standard InChI is InChI=1S/C14H11IN2O4/c15-10-4-6-11(7-5-10)16-13(18)9-21-14(19)12-3-1-2-8-17(12)20/h1-8H,9H2,(H,16,18). The monoisotopic (exact) mass is 398 g/mol. The average Bonchev–Trinajstić information content (AvgIpc) is 2.48. The summed E-state index contributed by atoms with van der Waals surface area (Å²) in [6, 6.07) is 11.5. The van der Waals surface area contributed by atoms with E-state index in [1.807, 2.05) is 12.1 Å². The van der Waals surface area contributed by atoms with Crippen molar-refractivity contribution < 1.29 is 19.1 Å². The third-order valence-corrected chi connectivity index (χ3v) is 3.21. The summed E-state index contributed by atoms with van der Waals surface area (Å²) in [6.45, 7) is -0.459. The van der Waals surface area contributed by atoms with Gasteiger partial charge in [-0.15, -0.1) is 0 Å². The molecule has 6 nitrogen and oxygen atoms in total. The van der Waals surface area contributed by atoms with E-state index in [-0.39, 0.29) is 5.69 Å². The molecule has 1 N–H and O–H groups in total. The minimum atomic E-state index is -0.844. The zero-order chi connectivity index (χ0) is 15.2.